The molecule has 0 spiro atoms. The molecule has 0 N–H and O–H groups in total. The van der Waals surface area contributed by atoms with Crippen LogP contribution < -0.4 is 0 Å². The minimum atomic E-state index is 0.355. The van der Waals surface area contributed by atoms with Crippen LogP contribution in [0.15, 0.2) is 9.05 Å². The van der Waals surface area contributed by atoms with Crippen LogP contribution in [0.1, 0.15) is 60.3 Å². The molecule has 4 rings (SSSR count). The topological polar surface area (TPSA) is 88.7 Å². The van der Waals surface area contributed by atoms with Crippen LogP contribution in [-0.2, 0) is 6.42 Å². The predicted molar refractivity (Wildman–Crippen MR) is 71.2 cm³/mol. The van der Waals surface area contributed by atoms with Gasteiger partial charge in [0, 0.05) is 5.92 Å². The normalized spacial score (nSPS) is 27.1. The van der Waals surface area contributed by atoms with E-state index in [0.29, 0.717) is 35.2 Å². The van der Waals surface area contributed by atoms with E-state index in [9.17, 15) is 0 Å². The third-order valence-corrected chi connectivity index (χ3v) is 4.92. The zero-order valence-electron chi connectivity index (χ0n) is 11.9. The Kier molecular flexibility index (Phi) is 2.81. The molecule has 0 amide bonds. The highest BCUT2D eigenvalue weighted by Gasteiger charge is 2.42. The van der Waals surface area contributed by atoms with Gasteiger partial charge in [0.1, 0.15) is 17.3 Å². The maximum atomic E-state index is 9.10. The van der Waals surface area contributed by atoms with Gasteiger partial charge in [-0.1, -0.05) is 16.7 Å². The molecule has 108 valence electrons. The van der Waals surface area contributed by atoms with Gasteiger partial charge < -0.3 is 9.05 Å². The van der Waals surface area contributed by atoms with Crippen LogP contribution in [0.25, 0.3) is 0 Å². The SMILES string of the molecule is Cc1onc(Cc2nc(C3CC4CCC3C4)no2)c1C#N. The lowest BCUT2D eigenvalue weighted by Gasteiger charge is -2.17. The summed E-state index contributed by atoms with van der Waals surface area (Å²) in [6, 6.07) is 2.10. The molecule has 0 aliphatic heterocycles. The van der Waals surface area contributed by atoms with Crippen molar-refractivity contribution < 1.29 is 9.05 Å². The van der Waals surface area contributed by atoms with E-state index in [1.807, 2.05) is 0 Å². The molecule has 21 heavy (non-hydrogen) atoms. The van der Waals surface area contributed by atoms with Gasteiger partial charge >= 0.3 is 0 Å². The second-order valence-electron chi connectivity index (χ2n) is 6.18. The zero-order chi connectivity index (χ0) is 14.4. The van der Waals surface area contributed by atoms with Gasteiger partial charge in [0.05, 0.1) is 6.42 Å². The number of rotatable bonds is 3. The van der Waals surface area contributed by atoms with Crippen molar-refractivity contribution in [1.29, 1.82) is 5.26 Å². The van der Waals surface area contributed by atoms with Crippen LogP contribution >= 0.6 is 0 Å². The van der Waals surface area contributed by atoms with E-state index in [1.165, 1.54) is 25.7 Å². The molecule has 3 atom stereocenters. The van der Waals surface area contributed by atoms with E-state index < -0.39 is 0 Å². The number of hydrogen-bond acceptors (Lipinski definition) is 6. The monoisotopic (exact) mass is 284 g/mol. The number of nitriles is 1. The molecule has 0 saturated heterocycles. The predicted octanol–water partition coefficient (Wildman–Crippen LogP) is 2.73. The number of nitrogens with zero attached hydrogens (tertiary/aromatic N) is 4. The van der Waals surface area contributed by atoms with Crippen LogP contribution in [0.5, 0.6) is 0 Å². The van der Waals surface area contributed by atoms with Gasteiger partial charge in [-0.05, 0) is 38.0 Å². The second-order valence-corrected chi connectivity index (χ2v) is 6.18. The van der Waals surface area contributed by atoms with Crippen molar-refractivity contribution in [2.75, 3.05) is 0 Å². The van der Waals surface area contributed by atoms with E-state index in [0.717, 1.165) is 17.7 Å². The van der Waals surface area contributed by atoms with Crippen LogP contribution in [0.3, 0.4) is 0 Å². The van der Waals surface area contributed by atoms with Gasteiger partial charge in [0.2, 0.25) is 5.89 Å². The van der Waals surface area contributed by atoms with E-state index in [-0.39, 0.29) is 0 Å². The lowest BCUT2D eigenvalue weighted by atomic mass is 9.88. The highest BCUT2D eigenvalue weighted by atomic mass is 16.5. The van der Waals surface area contributed by atoms with Crippen molar-refractivity contribution in [3.8, 4) is 6.07 Å². The Bertz CT molecular complexity index is 712. The van der Waals surface area contributed by atoms with Crippen molar-refractivity contribution >= 4 is 0 Å². The Morgan fingerprint density at radius 1 is 1.24 bits per heavy atom. The average molecular weight is 284 g/mol. The first-order chi connectivity index (χ1) is 10.2. The molecule has 2 bridgehead atoms. The molecule has 0 radical (unpaired) electrons. The van der Waals surface area contributed by atoms with Crippen molar-refractivity contribution in [3.63, 3.8) is 0 Å². The third kappa shape index (κ3) is 2.04. The lowest BCUT2D eigenvalue weighted by molar-refractivity contribution is 0.351. The van der Waals surface area contributed by atoms with Gasteiger partial charge in [0.25, 0.3) is 0 Å². The number of aryl methyl sites for hydroxylation is 1. The van der Waals surface area contributed by atoms with Gasteiger partial charge in [-0.15, -0.1) is 0 Å². The van der Waals surface area contributed by atoms with Gasteiger partial charge in [-0.3, -0.25) is 0 Å². The van der Waals surface area contributed by atoms with E-state index in [4.69, 9.17) is 14.3 Å². The highest BCUT2D eigenvalue weighted by molar-refractivity contribution is 5.36. The maximum Gasteiger partial charge on any atom is 0.232 e. The highest BCUT2D eigenvalue weighted by Crippen LogP contribution is 2.52. The Balaban J connectivity index is 1.54. The van der Waals surface area contributed by atoms with Crippen molar-refractivity contribution in [3.05, 3.63) is 28.7 Å². The quantitative estimate of drug-likeness (QED) is 0.861. The minimum Gasteiger partial charge on any atom is -0.360 e. The molecule has 2 aliphatic carbocycles. The molecule has 2 fully saturated rings. The number of fused-ring (bicyclic) bond motifs is 2. The number of hydrogen-bond donors (Lipinski definition) is 0. The molecular weight excluding hydrogens is 268 g/mol. The molecule has 3 unspecified atom stereocenters. The zero-order valence-corrected chi connectivity index (χ0v) is 11.9. The lowest BCUT2D eigenvalue weighted by Crippen LogP contribution is -2.10. The fourth-order valence-electron chi connectivity index (χ4n) is 3.88. The minimum absolute atomic E-state index is 0.355. The van der Waals surface area contributed by atoms with E-state index >= 15 is 0 Å². The largest absolute Gasteiger partial charge is 0.360 e. The average Bonchev–Trinajstić information content (AvgIpc) is 3.23. The first-order valence-electron chi connectivity index (χ1n) is 7.42. The van der Waals surface area contributed by atoms with Crippen LogP contribution in [0.4, 0.5) is 0 Å². The summed E-state index contributed by atoms with van der Waals surface area (Å²) in [4.78, 5) is 4.52. The fraction of sp³-hybridized carbons (Fsp3) is 0.600. The first-order valence-corrected chi connectivity index (χ1v) is 7.42. The summed E-state index contributed by atoms with van der Waals surface area (Å²) in [6.07, 6.45) is 5.51. The Morgan fingerprint density at radius 2 is 2.14 bits per heavy atom. The fourth-order valence-corrected chi connectivity index (χ4v) is 3.88. The molecule has 2 aromatic heterocycles. The Labute approximate surface area is 122 Å². The third-order valence-electron chi connectivity index (χ3n) is 4.92. The first kappa shape index (κ1) is 12.6. The van der Waals surface area contributed by atoms with Gasteiger partial charge in [-0.2, -0.15) is 10.2 Å². The smallest absolute Gasteiger partial charge is 0.232 e. The summed E-state index contributed by atoms with van der Waals surface area (Å²) >= 11 is 0. The van der Waals surface area contributed by atoms with E-state index in [1.54, 1.807) is 6.92 Å². The van der Waals surface area contributed by atoms with Crippen LogP contribution in [0, 0.1) is 30.1 Å². The van der Waals surface area contributed by atoms with Gasteiger partial charge in [-0.25, -0.2) is 0 Å². The second kappa shape index (κ2) is 4.69. The summed E-state index contributed by atoms with van der Waals surface area (Å²) in [7, 11) is 0. The standard InChI is InChI=1S/C15H16N4O2/c1-8-12(7-16)13(18-20-8)6-14-17-15(19-21-14)11-5-9-2-3-10(11)4-9/h9-11H,2-6H2,1H3. The summed E-state index contributed by atoms with van der Waals surface area (Å²) in [5.41, 5.74) is 1.04. The summed E-state index contributed by atoms with van der Waals surface area (Å²) < 4.78 is 10.4. The molecule has 6 heteroatoms. The molecule has 0 aromatic carbocycles. The molecule has 2 aromatic rings. The van der Waals surface area contributed by atoms with Crippen molar-refractivity contribution in [2.24, 2.45) is 11.8 Å². The summed E-state index contributed by atoms with van der Waals surface area (Å²) in [5.74, 6) is 3.90. The molecule has 6 nitrogen and oxygen atoms in total. The van der Waals surface area contributed by atoms with Crippen molar-refractivity contribution in [1.82, 2.24) is 15.3 Å². The molecule has 2 saturated carbocycles. The van der Waals surface area contributed by atoms with Crippen LogP contribution in [-0.4, -0.2) is 15.3 Å². The molecule has 2 heterocycles. The van der Waals surface area contributed by atoms with Gasteiger partial charge in [0.15, 0.2) is 11.6 Å². The maximum absolute atomic E-state index is 9.10. The van der Waals surface area contributed by atoms with Crippen molar-refractivity contribution in [2.45, 2.75) is 44.9 Å². The number of aromatic nitrogens is 3. The van der Waals surface area contributed by atoms with E-state index in [2.05, 4.69) is 21.4 Å². The summed E-state index contributed by atoms with van der Waals surface area (Å²) in [5, 5.41) is 17.1. The van der Waals surface area contributed by atoms with Crippen LogP contribution in [0.2, 0.25) is 0 Å². The summed E-state index contributed by atoms with van der Waals surface area (Å²) in [6.45, 7) is 1.73. The Hall–Kier alpha value is -2.16. The molecule has 2 aliphatic rings. The molecular formula is C15H16N4O2. The Morgan fingerprint density at radius 3 is 2.86 bits per heavy atom.